The first kappa shape index (κ1) is 16.8. The van der Waals surface area contributed by atoms with Gasteiger partial charge in [-0.1, -0.05) is 13.8 Å². The normalized spacial score (nSPS) is 18.4. The Hall–Kier alpha value is -1.52. The summed E-state index contributed by atoms with van der Waals surface area (Å²) in [5, 5.41) is 0. The van der Waals surface area contributed by atoms with Crippen molar-refractivity contribution in [2.45, 2.75) is 71.8 Å². The maximum atomic E-state index is 12.1. The summed E-state index contributed by atoms with van der Waals surface area (Å²) in [6.45, 7) is 13.6. The highest BCUT2D eigenvalue weighted by Gasteiger charge is 2.37. The zero-order valence-electron chi connectivity index (χ0n) is 14.7. The van der Waals surface area contributed by atoms with Crippen LogP contribution in [0.4, 0.5) is 4.79 Å². The van der Waals surface area contributed by atoms with E-state index in [2.05, 4.69) is 25.8 Å². The number of rotatable bonds is 2. The van der Waals surface area contributed by atoms with Gasteiger partial charge in [0.1, 0.15) is 11.4 Å². The molecule has 0 aliphatic carbocycles. The van der Waals surface area contributed by atoms with E-state index in [1.165, 1.54) is 0 Å². The van der Waals surface area contributed by atoms with Crippen LogP contribution in [0.5, 0.6) is 0 Å². The van der Waals surface area contributed by atoms with Crippen molar-refractivity contribution in [1.82, 2.24) is 14.9 Å². The second-order valence-electron chi connectivity index (χ2n) is 7.54. The number of aromatic nitrogens is 2. The van der Waals surface area contributed by atoms with Gasteiger partial charge in [0.25, 0.3) is 0 Å². The Balaban J connectivity index is 2.02. The van der Waals surface area contributed by atoms with Crippen LogP contribution in [0.15, 0.2) is 0 Å². The third kappa shape index (κ3) is 3.62. The van der Waals surface area contributed by atoms with Crippen molar-refractivity contribution < 1.29 is 9.53 Å². The van der Waals surface area contributed by atoms with Crippen LogP contribution in [0.1, 0.15) is 64.7 Å². The number of ether oxygens (including phenoxy) is 1. The van der Waals surface area contributed by atoms with E-state index in [0.717, 1.165) is 36.5 Å². The molecular weight excluding hydrogens is 278 g/mol. The van der Waals surface area contributed by atoms with Crippen molar-refractivity contribution in [1.29, 1.82) is 0 Å². The lowest BCUT2D eigenvalue weighted by molar-refractivity contribution is 0.0168. The SMILES string of the molecule is CCc1nc(C2(C)CCN(C(=O)OC(C)(C)C)CC2)[nH]c1C. The molecule has 2 heterocycles. The van der Waals surface area contributed by atoms with Crippen LogP contribution in [0.2, 0.25) is 0 Å². The maximum Gasteiger partial charge on any atom is 0.410 e. The monoisotopic (exact) mass is 307 g/mol. The van der Waals surface area contributed by atoms with E-state index in [4.69, 9.17) is 9.72 Å². The maximum absolute atomic E-state index is 12.1. The fraction of sp³-hybridized carbons (Fsp3) is 0.765. The van der Waals surface area contributed by atoms with E-state index in [1.807, 2.05) is 25.7 Å². The highest BCUT2D eigenvalue weighted by Crippen LogP contribution is 2.34. The number of H-pyrrole nitrogens is 1. The van der Waals surface area contributed by atoms with Gasteiger partial charge >= 0.3 is 6.09 Å². The van der Waals surface area contributed by atoms with Gasteiger partial charge in [-0.25, -0.2) is 9.78 Å². The van der Waals surface area contributed by atoms with Gasteiger partial charge in [-0.3, -0.25) is 0 Å². The van der Waals surface area contributed by atoms with Gasteiger partial charge in [0.2, 0.25) is 0 Å². The van der Waals surface area contributed by atoms with Crippen molar-refractivity contribution >= 4 is 6.09 Å². The zero-order chi connectivity index (χ0) is 16.5. The topological polar surface area (TPSA) is 58.2 Å². The number of carbonyl (C=O) groups is 1. The number of amides is 1. The summed E-state index contributed by atoms with van der Waals surface area (Å²) in [4.78, 5) is 22.2. The Kier molecular flexibility index (Phi) is 4.54. The number of likely N-dealkylation sites (tertiary alicyclic amines) is 1. The molecule has 0 spiro atoms. The van der Waals surface area contributed by atoms with Gasteiger partial charge in [0.05, 0.1) is 5.69 Å². The Morgan fingerprint density at radius 3 is 2.41 bits per heavy atom. The van der Waals surface area contributed by atoms with Crippen molar-refractivity contribution in [3.8, 4) is 0 Å². The molecule has 1 aliphatic heterocycles. The van der Waals surface area contributed by atoms with E-state index in [-0.39, 0.29) is 11.5 Å². The fourth-order valence-electron chi connectivity index (χ4n) is 2.87. The van der Waals surface area contributed by atoms with Crippen LogP contribution in [0.3, 0.4) is 0 Å². The summed E-state index contributed by atoms with van der Waals surface area (Å²) in [6, 6.07) is 0. The molecule has 0 aromatic carbocycles. The molecule has 0 radical (unpaired) electrons. The molecule has 1 fully saturated rings. The first-order valence-electron chi connectivity index (χ1n) is 8.18. The molecule has 22 heavy (non-hydrogen) atoms. The molecule has 1 amide bonds. The van der Waals surface area contributed by atoms with Crippen LogP contribution < -0.4 is 0 Å². The Morgan fingerprint density at radius 1 is 1.36 bits per heavy atom. The minimum atomic E-state index is -0.439. The molecule has 1 aliphatic rings. The molecule has 1 aromatic heterocycles. The van der Waals surface area contributed by atoms with Crippen LogP contribution in [-0.4, -0.2) is 39.7 Å². The lowest BCUT2D eigenvalue weighted by atomic mass is 9.80. The molecule has 124 valence electrons. The Labute approximate surface area is 133 Å². The van der Waals surface area contributed by atoms with E-state index in [0.29, 0.717) is 13.1 Å². The summed E-state index contributed by atoms with van der Waals surface area (Å²) in [7, 11) is 0. The lowest BCUT2D eigenvalue weighted by Gasteiger charge is -2.38. The number of hydrogen-bond donors (Lipinski definition) is 1. The van der Waals surface area contributed by atoms with Gasteiger partial charge < -0.3 is 14.6 Å². The molecule has 1 saturated heterocycles. The number of hydrogen-bond acceptors (Lipinski definition) is 3. The summed E-state index contributed by atoms with van der Waals surface area (Å²) in [6.07, 6.45) is 2.55. The summed E-state index contributed by atoms with van der Waals surface area (Å²) in [5.41, 5.74) is 1.88. The first-order chi connectivity index (χ1) is 10.1. The van der Waals surface area contributed by atoms with Crippen molar-refractivity contribution in [2.24, 2.45) is 0 Å². The number of piperidine rings is 1. The van der Waals surface area contributed by atoms with Crippen LogP contribution >= 0.6 is 0 Å². The van der Waals surface area contributed by atoms with E-state index < -0.39 is 5.60 Å². The average molecular weight is 307 g/mol. The molecule has 5 nitrogen and oxygen atoms in total. The van der Waals surface area contributed by atoms with E-state index in [9.17, 15) is 4.79 Å². The molecule has 1 aromatic rings. The van der Waals surface area contributed by atoms with Crippen LogP contribution in [-0.2, 0) is 16.6 Å². The molecule has 0 saturated carbocycles. The third-order valence-corrected chi connectivity index (χ3v) is 4.41. The number of nitrogens with zero attached hydrogens (tertiary/aromatic N) is 2. The third-order valence-electron chi connectivity index (χ3n) is 4.41. The van der Waals surface area contributed by atoms with Crippen LogP contribution in [0, 0.1) is 6.92 Å². The Morgan fingerprint density at radius 2 is 1.95 bits per heavy atom. The van der Waals surface area contributed by atoms with Gasteiger partial charge in [0, 0.05) is 24.2 Å². The van der Waals surface area contributed by atoms with E-state index in [1.54, 1.807) is 0 Å². The predicted molar refractivity (Wildman–Crippen MR) is 87.1 cm³/mol. The lowest BCUT2D eigenvalue weighted by Crippen LogP contribution is -2.46. The number of imidazole rings is 1. The van der Waals surface area contributed by atoms with Gasteiger partial charge in [-0.05, 0) is 47.0 Å². The molecule has 0 bridgehead atoms. The second kappa shape index (κ2) is 5.94. The molecule has 0 atom stereocenters. The fourth-order valence-corrected chi connectivity index (χ4v) is 2.87. The van der Waals surface area contributed by atoms with Crippen molar-refractivity contribution in [3.63, 3.8) is 0 Å². The number of aromatic amines is 1. The van der Waals surface area contributed by atoms with Crippen molar-refractivity contribution in [3.05, 3.63) is 17.2 Å². The minimum absolute atomic E-state index is 0.0106. The molecule has 1 N–H and O–H groups in total. The minimum Gasteiger partial charge on any atom is -0.444 e. The van der Waals surface area contributed by atoms with Gasteiger partial charge in [-0.2, -0.15) is 0 Å². The largest absolute Gasteiger partial charge is 0.444 e. The number of nitrogens with one attached hydrogen (secondary N) is 1. The molecule has 0 unspecified atom stereocenters. The zero-order valence-corrected chi connectivity index (χ0v) is 14.7. The average Bonchev–Trinajstić information content (AvgIpc) is 2.79. The van der Waals surface area contributed by atoms with E-state index >= 15 is 0 Å². The highest BCUT2D eigenvalue weighted by atomic mass is 16.6. The summed E-state index contributed by atoms with van der Waals surface area (Å²) in [5.74, 6) is 1.06. The second-order valence-corrected chi connectivity index (χ2v) is 7.54. The molecular formula is C17H29N3O2. The summed E-state index contributed by atoms with van der Waals surface area (Å²) < 4.78 is 5.46. The summed E-state index contributed by atoms with van der Waals surface area (Å²) >= 11 is 0. The van der Waals surface area contributed by atoms with Gasteiger partial charge in [-0.15, -0.1) is 0 Å². The van der Waals surface area contributed by atoms with Crippen LogP contribution in [0.25, 0.3) is 0 Å². The smallest absolute Gasteiger partial charge is 0.410 e. The predicted octanol–water partition coefficient (Wildman–Crippen LogP) is 3.57. The standard InChI is InChI=1S/C17H29N3O2/c1-7-13-12(2)18-14(19-13)17(6)8-10-20(11-9-17)15(21)22-16(3,4)5/h7-11H2,1-6H3,(H,18,19). The number of aryl methyl sites for hydroxylation is 2. The highest BCUT2D eigenvalue weighted by molar-refractivity contribution is 5.68. The number of carbonyl (C=O) groups excluding carboxylic acids is 1. The first-order valence-corrected chi connectivity index (χ1v) is 8.18. The molecule has 2 rings (SSSR count). The Bertz CT molecular complexity index is 535. The quantitative estimate of drug-likeness (QED) is 0.908. The van der Waals surface area contributed by atoms with Gasteiger partial charge in [0.15, 0.2) is 0 Å². The van der Waals surface area contributed by atoms with Crippen molar-refractivity contribution in [2.75, 3.05) is 13.1 Å². The molecule has 5 heteroatoms.